The molecule has 0 bridgehead atoms. The summed E-state index contributed by atoms with van der Waals surface area (Å²) >= 11 is 0. The molecule has 4 nitrogen and oxygen atoms in total. The molecule has 3 rings (SSSR count). The summed E-state index contributed by atoms with van der Waals surface area (Å²) in [7, 11) is 2.00. The number of nitrogens with zero attached hydrogens (tertiary/aromatic N) is 3. The topological polar surface area (TPSA) is 52.0 Å². The molecule has 0 saturated carbocycles. The molecule has 19 heavy (non-hydrogen) atoms. The quantitative estimate of drug-likeness (QED) is 0.874. The van der Waals surface area contributed by atoms with Gasteiger partial charge in [-0.3, -0.25) is 0 Å². The summed E-state index contributed by atoms with van der Waals surface area (Å²) in [6, 6.07) is 4.92. The van der Waals surface area contributed by atoms with Crippen LogP contribution in [-0.4, -0.2) is 31.2 Å². The predicted octanol–water partition coefficient (Wildman–Crippen LogP) is 1.63. The van der Waals surface area contributed by atoms with Crippen molar-refractivity contribution in [2.45, 2.75) is 38.1 Å². The third-order valence-corrected chi connectivity index (χ3v) is 4.30. The molecule has 0 amide bonds. The number of likely N-dealkylation sites (N-methyl/N-ethyl adjacent to an activating group) is 1. The van der Waals surface area contributed by atoms with Crippen LogP contribution in [0.2, 0.25) is 0 Å². The van der Waals surface area contributed by atoms with Crippen molar-refractivity contribution in [1.29, 1.82) is 5.26 Å². The summed E-state index contributed by atoms with van der Waals surface area (Å²) in [4.78, 5) is 7.07. The largest absolute Gasteiger partial charge is 0.354 e. The maximum atomic E-state index is 9.37. The maximum Gasteiger partial charge on any atom is 0.146 e. The van der Waals surface area contributed by atoms with Crippen LogP contribution in [0.15, 0.2) is 6.07 Å². The molecule has 1 aliphatic heterocycles. The summed E-state index contributed by atoms with van der Waals surface area (Å²) in [5.74, 6) is 0.904. The summed E-state index contributed by atoms with van der Waals surface area (Å²) in [5, 5.41) is 12.7. The molecule has 1 saturated heterocycles. The molecule has 0 radical (unpaired) electrons. The van der Waals surface area contributed by atoms with Gasteiger partial charge >= 0.3 is 0 Å². The number of aromatic nitrogens is 1. The first-order valence-corrected chi connectivity index (χ1v) is 7.17. The lowest BCUT2D eigenvalue weighted by Gasteiger charge is -2.22. The Labute approximate surface area is 114 Å². The number of fused-ring (bicyclic) bond motifs is 1. The van der Waals surface area contributed by atoms with E-state index in [-0.39, 0.29) is 0 Å². The summed E-state index contributed by atoms with van der Waals surface area (Å²) in [5.41, 5.74) is 3.25. The Hall–Kier alpha value is -1.60. The van der Waals surface area contributed by atoms with Crippen LogP contribution in [0.3, 0.4) is 0 Å². The Kier molecular flexibility index (Phi) is 3.39. The molecule has 1 aliphatic carbocycles. The Morgan fingerprint density at radius 2 is 2.26 bits per heavy atom. The highest BCUT2D eigenvalue weighted by Gasteiger charge is 2.25. The van der Waals surface area contributed by atoms with Gasteiger partial charge in [-0.05, 0) is 50.8 Å². The number of nitrogens with one attached hydrogen (secondary N) is 1. The minimum absolute atomic E-state index is 0.518. The summed E-state index contributed by atoms with van der Waals surface area (Å²) in [6.07, 6.45) is 5.73. The zero-order chi connectivity index (χ0) is 13.2. The maximum absolute atomic E-state index is 9.37. The molecule has 4 heteroatoms. The Morgan fingerprint density at radius 1 is 1.42 bits per heavy atom. The van der Waals surface area contributed by atoms with E-state index in [1.807, 2.05) is 7.05 Å². The van der Waals surface area contributed by atoms with Crippen LogP contribution in [0.1, 0.15) is 36.1 Å². The second-order valence-electron chi connectivity index (χ2n) is 5.50. The minimum Gasteiger partial charge on any atom is -0.354 e. The van der Waals surface area contributed by atoms with Crippen molar-refractivity contribution in [2.24, 2.45) is 0 Å². The second-order valence-corrected chi connectivity index (χ2v) is 5.50. The molecule has 2 aliphatic rings. The van der Waals surface area contributed by atoms with E-state index in [9.17, 15) is 5.26 Å². The molecule has 1 unspecified atom stereocenters. The Bertz CT molecular complexity index is 518. The Morgan fingerprint density at radius 3 is 3.00 bits per heavy atom. The third-order valence-electron chi connectivity index (χ3n) is 4.30. The fraction of sp³-hybridized carbons (Fsp3) is 0.600. The van der Waals surface area contributed by atoms with Gasteiger partial charge in [0.1, 0.15) is 11.9 Å². The monoisotopic (exact) mass is 256 g/mol. The molecule has 0 aromatic carbocycles. The van der Waals surface area contributed by atoms with Crippen molar-refractivity contribution >= 4 is 5.82 Å². The minimum atomic E-state index is 0.518. The van der Waals surface area contributed by atoms with E-state index in [2.05, 4.69) is 22.4 Å². The number of rotatable bonds is 2. The number of hydrogen-bond acceptors (Lipinski definition) is 4. The average molecular weight is 256 g/mol. The van der Waals surface area contributed by atoms with E-state index in [1.165, 1.54) is 24.1 Å². The Balaban J connectivity index is 1.94. The van der Waals surface area contributed by atoms with Crippen molar-refractivity contribution in [1.82, 2.24) is 10.3 Å². The summed E-state index contributed by atoms with van der Waals surface area (Å²) in [6.45, 7) is 1.95. The van der Waals surface area contributed by atoms with Crippen LogP contribution in [-0.2, 0) is 12.8 Å². The number of nitriles is 1. The number of hydrogen-bond donors (Lipinski definition) is 1. The van der Waals surface area contributed by atoms with E-state index in [4.69, 9.17) is 4.98 Å². The normalized spacial score (nSPS) is 22.1. The lowest BCUT2D eigenvalue weighted by molar-refractivity contribution is 0.616. The third kappa shape index (κ3) is 2.31. The average Bonchev–Trinajstić information content (AvgIpc) is 2.94. The highest BCUT2D eigenvalue weighted by Crippen LogP contribution is 2.28. The first-order chi connectivity index (χ1) is 9.31. The fourth-order valence-corrected chi connectivity index (χ4v) is 3.13. The van der Waals surface area contributed by atoms with Crippen molar-refractivity contribution < 1.29 is 0 Å². The van der Waals surface area contributed by atoms with Gasteiger partial charge in [0.15, 0.2) is 0 Å². The van der Waals surface area contributed by atoms with Crippen LogP contribution in [0.25, 0.3) is 0 Å². The van der Waals surface area contributed by atoms with E-state index < -0.39 is 0 Å². The number of anilines is 1. The van der Waals surface area contributed by atoms with Crippen LogP contribution in [0.5, 0.6) is 0 Å². The molecule has 1 fully saturated rings. The first-order valence-electron chi connectivity index (χ1n) is 7.17. The molecule has 2 heterocycles. The van der Waals surface area contributed by atoms with Gasteiger partial charge in [-0.25, -0.2) is 4.98 Å². The second kappa shape index (κ2) is 5.18. The van der Waals surface area contributed by atoms with Gasteiger partial charge in [-0.1, -0.05) is 0 Å². The van der Waals surface area contributed by atoms with E-state index in [0.717, 1.165) is 43.7 Å². The highest BCUT2D eigenvalue weighted by molar-refractivity contribution is 5.57. The van der Waals surface area contributed by atoms with Gasteiger partial charge in [0, 0.05) is 24.8 Å². The zero-order valence-electron chi connectivity index (χ0n) is 11.4. The van der Waals surface area contributed by atoms with E-state index >= 15 is 0 Å². The SMILES string of the molecule is CNC1CCN(c2nc3c(cc2C#N)CCCC3)C1. The van der Waals surface area contributed by atoms with Gasteiger partial charge in [0.05, 0.1) is 5.56 Å². The van der Waals surface area contributed by atoms with Gasteiger partial charge in [0.25, 0.3) is 0 Å². The van der Waals surface area contributed by atoms with Crippen LogP contribution < -0.4 is 10.2 Å². The molecule has 100 valence electrons. The van der Waals surface area contributed by atoms with Crippen molar-refractivity contribution in [3.05, 3.63) is 22.9 Å². The molecular weight excluding hydrogens is 236 g/mol. The van der Waals surface area contributed by atoms with Crippen LogP contribution >= 0.6 is 0 Å². The molecule has 1 aromatic rings. The van der Waals surface area contributed by atoms with Gasteiger partial charge in [0.2, 0.25) is 0 Å². The van der Waals surface area contributed by atoms with Crippen LogP contribution in [0, 0.1) is 11.3 Å². The molecule has 1 atom stereocenters. The van der Waals surface area contributed by atoms with Crippen molar-refractivity contribution in [3.8, 4) is 6.07 Å². The standard InChI is InChI=1S/C15H20N4/c1-17-13-6-7-19(10-13)15-12(9-16)8-11-4-2-3-5-14(11)18-15/h8,13,17H,2-7,10H2,1H3. The molecular formula is C15H20N4. The van der Waals surface area contributed by atoms with E-state index in [1.54, 1.807) is 0 Å². The van der Waals surface area contributed by atoms with Gasteiger partial charge in [-0.2, -0.15) is 5.26 Å². The van der Waals surface area contributed by atoms with Gasteiger partial charge in [-0.15, -0.1) is 0 Å². The number of aryl methyl sites for hydroxylation is 2. The lowest BCUT2D eigenvalue weighted by atomic mass is 9.95. The predicted molar refractivity (Wildman–Crippen MR) is 75.3 cm³/mol. The lowest BCUT2D eigenvalue weighted by Crippen LogP contribution is -2.30. The first kappa shape index (κ1) is 12.4. The fourth-order valence-electron chi connectivity index (χ4n) is 3.13. The van der Waals surface area contributed by atoms with Gasteiger partial charge < -0.3 is 10.2 Å². The number of pyridine rings is 1. The van der Waals surface area contributed by atoms with Crippen molar-refractivity contribution in [2.75, 3.05) is 25.0 Å². The smallest absolute Gasteiger partial charge is 0.146 e. The zero-order valence-corrected chi connectivity index (χ0v) is 11.4. The van der Waals surface area contributed by atoms with Crippen molar-refractivity contribution in [3.63, 3.8) is 0 Å². The summed E-state index contributed by atoms with van der Waals surface area (Å²) < 4.78 is 0. The highest BCUT2D eigenvalue weighted by atomic mass is 15.2. The molecule has 1 aromatic heterocycles. The molecule has 0 spiro atoms. The van der Waals surface area contributed by atoms with Crippen LogP contribution in [0.4, 0.5) is 5.82 Å². The molecule has 1 N–H and O–H groups in total. The van der Waals surface area contributed by atoms with E-state index in [0.29, 0.717) is 6.04 Å².